The minimum absolute atomic E-state index is 0.814. The Balaban J connectivity index is 1.83. The number of hydrogen-bond acceptors (Lipinski definition) is 1. The Morgan fingerprint density at radius 3 is 2.24 bits per heavy atom. The largest absolute Gasteiger partial charge is 0.314 e. The SMILES string of the molecule is CCNC1CCC(C2CCC(CC)CC2)C1C. The van der Waals surface area contributed by atoms with Crippen LogP contribution in [0.1, 0.15) is 65.7 Å². The Bertz CT molecular complexity index is 218. The fourth-order valence-corrected chi connectivity index (χ4v) is 4.44. The lowest BCUT2D eigenvalue weighted by atomic mass is 9.72. The number of nitrogens with one attached hydrogen (secondary N) is 1. The lowest BCUT2D eigenvalue weighted by molar-refractivity contribution is 0.168. The van der Waals surface area contributed by atoms with Crippen molar-refractivity contribution < 1.29 is 0 Å². The average molecular weight is 237 g/mol. The van der Waals surface area contributed by atoms with E-state index in [1.54, 1.807) is 0 Å². The third-order valence-corrected chi connectivity index (χ3v) is 5.66. The van der Waals surface area contributed by atoms with E-state index >= 15 is 0 Å². The summed E-state index contributed by atoms with van der Waals surface area (Å²) in [6, 6.07) is 0.814. The zero-order valence-electron chi connectivity index (χ0n) is 12.0. The van der Waals surface area contributed by atoms with Crippen LogP contribution in [0.3, 0.4) is 0 Å². The van der Waals surface area contributed by atoms with E-state index in [1.807, 2.05) is 0 Å². The first-order valence-electron chi connectivity index (χ1n) is 7.99. The highest BCUT2D eigenvalue weighted by molar-refractivity contribution is 4.91. The molecule has 0 radical (unpaired) electrons. The van der Waals surface area contributed by atoms with Crippen LogP contribution in [0.4, 0.5) is 0 Å². The zero-order valence-corrected chi connectivity index (χ0v) is 12.0. The minimum atomic E-state index is 0.814. The lowest BCUT2D eigenvalue weighted by Crippen LogP contribution is -2.34. The second kappa shape index (κ2) is 6.22. The van der Waals surface area contributed by atoms with Gasteiger partial charge >= 0.3 is 0 Å². The number of hydrogen-bond donors (Lipinski definition) is 1. The Morgan fingerprint density at radius 1 is 0.941 bits per heavy atom. The third-order valence-electron chi connectivity index (χ3n) is 5.66. The molecule has 17 heavy (non-hydrogen) atoms. The molecular formula is C16H31N. The van der Waals surface area contributed by atoms with Gasteiger partial charge in [0, 0.05) is 6.04 Å². The molecule has 2 aliphatic carbocycles. The van der Waals surface area contributed by atoms with Crippen molar-refractivity contribution in [1.29, 1.82) is 0 Å². The maximum absolute atomic E-state index is 3.68. The molecule has 1 N–H and O–H groups in total. The molecule has 0 bridgehead atoms. The lowest BCUT2D eigenvalue weighted by Gasteiger charge is -2.34. The molecule has 100 valence electrons. The van der Waals surface area contributed by atoms with Crippen molar-refractivity contribution in [2.75, 3.05) is 6.54 Å². The van der Waals surface area contributed by atoms with Gasteiger partial charge in [0.15, 0.2) is 0 Å². The Morgan fingerprint density at radius 2 is 1.65 bits per heavy atom. The van der Waals surface area contributed by atoms with Crippen molar-refractivity contribution in [3.05, 3.63) is 0 Å². The predicted molar refractivity (Wildman–Crippen MR) is 75.1 cm³/mol. The topological polar surface area (TPSA) is 12.0 Å². The highest BCUT2D eigenvalue weighted by atomic mass is 14.9. The first-order valence-corrected chi connectivity index (χ1v) is 7.99. The van der Waals surface area contributed by atoms with Gasteiger partial charge in [-0.05, 0) is 55.9 Å². The molecule has 1 heteroatoms. The highest BCUT2D eigenvalue weighted by Crippen LogP contribution is 2.44. The van der Waals surface area contributed by atoms with Crippen LogP contribution < -0.4 is 5.32 Å². The van der Waals surface area contributed by atoms with Crippen molar-refractivity contribution in [2.45, 2.75) is 71.8 Å². The van der Waals surface area contributed by atoms with Gasteiger partial charge in [0.25, 0.3) is 0 Å². The Labute approximate surface area is 108 Å². The van der Waals surface area contributed by atoms with Crippen molar-refractivity contribution in [2.24, 2.45) is 23.7 Å². The molecule has 2 saturated carbocycles. The predicted octanol–water partition coefficient (Wildman–Crippen LogP) is 4.23. The third kappa shape index (κ3) is 3.05. The maximum atomic E-state index is 3.68. The van der Waals surface area contributed by atoms with Crippen molar-refractivity contribution in [3.63, 3.8) is 0 Å². The molecule has 3 atom stereocenters. The van der Waals surface area contributed by atoms with Gasteiger partial charge in [0.05, 0.1) is 0 Å². The first-order chi connectivity index (χ1) is 8.26. The molecule has 0 heterocycles. The second-order valence-electron chi connectivity index (χ2n) is 6.45. The van der Waals surface area contributed by atoms with Crippen LogP contribution in [0.15, 0.2) is 0 Å². The van der Waals surface area contributed by atoms with E-state index in [0.717, 1.165) is 36.3 Å². The smallest absolute Gasteiger partial charge is 0.00954 e. The van der Waals surface area contributed by atoms with Gasteiger partial charge in [-0.3, -0.25) is 0 Å². The molecule has 0 aliphatic heterocycles. The van der Waals surface area contributed by atoms with Crippen LogP contribution in [-0.4, -0.2) is 12.6 Å². The minimum Gasteiger partial charge on any atom is -0.314 e. The molecule has 0 amide bonds. The summed E-state index contributed by atoms with van der Waals surface area (Å²) in [7, 11) is 0. The summed E-state index contributed by atoms with van der Waals surface area (Å²) in [6.45, 7) is 8.25. The molecule has 0 spiro atoms. The molecule has 2 fully saturated rings. The maximum Gasteiger partial charge on any atom is 0.00954 e. The van der Waals surface area contributed by atoms with Crippen molar-refractivity contribution in [3.8, 4) is 0 Å². The van der Waals surface area contributed by atoms with Gasteiger partial charge in [-0.1, -0.05) is 40.0 Å². The Kier molecular flexibility index (Phi) is 4.90. The van der Waals surface area contributed by atoms with E-state index in [0.29, 0.717) is 0 Å². The van der Waals surface area contributed by atoms with Gasteiger partial charge < -0.3 is 5.32 Å². The van der Waals surface area contributed by atoms with E-state index in [1.165, 1.54) is 44.9 Å². The van der Waals surface area contributed by atoms with Crippen molar-refractivity contribution in [1.82, 2.24) is 5.32 Å². The molecule has 0 aromatic carbocycles. The molecule has 0 saturated heterocycles. The summed E-state index contributed by atoms with van der Waals surface area (Å²) in [5.74, 6) is 4.04. The van der Waals surface area contributed by atoms with E-state index in [9.17, 15) is 0 Å². The van der Waals surface area contributed by atoms with Gasteiger partial charge in [-0.2, -0.15) is 0 Å². The summed E-state index contributed by atoms with van der Waals surface area (Å²) < 4.78 is 0. The van der Waals surface area contributed by atoms with Crippen LogP contribution in [0, 0.1) is 23.7 Å². The van der Waals surface area contributed by atoms with E-state index in [2.05, 4.69) is 26.1 Å². The normalized spacial score (nSPS) is 42.9. The molecular weight excluding hydrogens is 206 g/mol. The van der Waals surface area contributed by atoms with E-state index in [-0.39, 0.29) is 0 Å². The summed E-state index contributed by atoms with van der Waals surface area (Å²) in [6.07, 6.45) is 10.4. The van der Waals surface area contributed by atoms with Gasteiger partial charge in [-0.15, -0.1) is 0 Å². The van der Waals surface area contributed by atoms with Crippen molar-refractivity contribution >= 4 is 0 Å². The molecule has 1 nitrogen and oxygen atoms in total. The molecule has 2 aliphatic rings. The molecule has 2 rings (SSSR count). The van der Waals surface area contributed by atoms with Crippen LogP contribution in [0.25, 0.3) is 0 Å². The van der Waals surface area contributed by atoms with E-state index < -0.39 is 0 Å². The summed E-state index contributed by atoms with van der Waals surface area (Å²) in [4.78, 5) is 0. The zero-order chi connectivity index (χ0) is 12.3. The fraction of sp³-hybridized carbons (Fsp3) is 1.00. The van der Waals surface area contributed by atoms with E-state index in [4.69, 9.17) is 0 Å². The van der Waals surface area contributed by atoms with Gasteiger partial charge in [-0.25, -0.2) is 0 Å². The summed E-state index contributed by atoms with van der Waals surface area (Å²) in [5.41, 5.74) is 0. The van der Waals surface area contributed by atoms with Gasteiger partial charge in [0.1, 0.15) is 0 Å². The number of rotatable bonds is 4. The first kappa shape index (κ1) is 13.4. The van der Waals surface area contributed by atoms with Gasteiger partial charge in [0.2, 0.25) is 0 Å². The van der Waals surface area contributed by atoms with Crippen LogP contribution in [-0.2, 0) is 0 Å². The van der Waals surface area contributed by atoms with Crippen LogP contribution in [0.5, 0.6) is 0 Å². The second-order valence-corrected chi connectivity index (χ2v) is 6.45. The standard InChI is InChI=1S/C16H31N/c1-4-13-6-8-14(9-7-13)15-10-11-16(12(15)3)17-5-2/h12-17H,4-11H2,1-3H3. The van der Waals surface area contributed by atoms with Crippen LogP contribution in [0.2, 0.25) is 0 Å². The monoisotopic (exact) mass is 237 g/mol. The van der Waals surface area contributed by atoms with Crippen LogP contribution >= 0.6 is 0 Å². The molecule has 0 aromatic heterocycles. The molecule has 0 aromatic rings. The highest BCUT2D eigenvalue weighted by Gasteiger charge is 2.38. The average Bonchev–Trinajstić information content (AvgIpc) is 2.72. The quantitative estimate of drug-likeness (QED) is 0.771. The Hall–Kier alpha value is -0.0400. The summed E-state index contributed by atoms with van der Waals surface area (Å²) in [5, 5.41) is 3.68. The molecule has 3 unspecified atom stereocenters. The summed E-state index contributed by atoms with van der Waals surface area (Å²) >= 11 is 0. The fourth-order valence-electron chi connectivity index (χ4n) is 4.44.